The number of hydrogen-bond acceptors (Lipinski definition) is 9. The van der Waals surface area contributed by atoms with Gasteiger partial charge in [-0.05, 0) is 61.8 Å². The highest BCUT2D eigenvalue weighted by Gasteiger charge is 2.49. The highest BCUT2D eigenvalue weighted by Crippen LogP contribution is 2.42. The molecule has 4 aliphatic rings. The molecule has 0 aromatic heterocycles. The summed E-state index contributed by atoms with van der Waals surface area (Å²) in [4.78, 5) is 15.5. The third-order valence-electron chi connectivity index (χ3n) is 6.11. The fraction of sp³-hybridized carbons (Fsp3) is 0.391. The van der Waals surface area contributed by atoms with E-state index >= 15 is 0 Å². The average molecular weight is 447 g/mol. The summed E-state index contributed by atoms with van der Waals surface area (Å²) in [7, 11) is 1.67. The predicted molar refractivity (Wildman–Crippen MR) is 122 cm³/mol. The third kappa shape index (κ3) is 3.75. The number of nitrogens with zero attached hydrogens (tertiary/aromatic N) is 5. The van der Waals surface area contributed by atoms with Gasteiger partial charge in [0.1, 0.15) is 0 Å². The number of rotatable bonds is 8. The van der Waals surface area contributed by atoms with E-state index in [9.17, 15) is 10.1 Å². The standard InChI is InChI=1S/C23H26N8O2/c1-33-14-2-11-26-31-23(28-29-31)9-7-22(8-10-23,21(32)27-18-4-5-18)30-13-12-25-19-6-3-17(16-24)15-20(19)30/h3,6-10,12-13,15,18,25-26H,2,4-5,11,14H2,1H3,(H,27,32). The van der Waals surface area contributed by atoms with Crippen molar-refractivity contribution in [3.63, 3.8) is 0 Å². The lowest BCUT2D eigenvalue weighted by Gasteiger charge is -2.46. The summed E-state index contributed by atoms with van der Waals surface area (Å²) in [6.45, 7) is 1.34. The molecule has 2 heterocycles. The maximum absolute atomic E-state index is 13.6. The van der Waals surface area contributed by atoms with E-state index in [-0.39, 0.29) is 11.9 Å². The Balaban J connectivity index is 1.46. The fourth-order valence-corrected chi connectivity index (χ4v) is 4.05. The Hall–Kier alpha value is -3.68. The molecule has 0 radical (unpaired) electrons. The summed E-state index contributed by atoms with van der Waals surface area (Å²) in [6, 6.07) is 7.77. The Morgan fingerprint density at radius 3 is 2.82 bits per heavy atom. The van der Waals surface area contributed by atoms with Gasteiger partial charge in [-0.25, -0.2) is 5.43 Å². The monoisotopic (exact) mass is 446 g/mol. The second kappa shape index (κ2) is 8.35. The minimum absolute atomic E-state index is 0.122. The highest BCUT2D eigenvalue weighted by molar-refractivity contribution is 5.98. The lowest BCUT2D eigenvalue weighted by Crippen LogP contribution is -2.61. The Labute approximate surface area is 192 Å². The summed E-state index contributed by atoms with van der Waals surface area (Å²) in [5.41, 5.74) is 3.45. The number of methoxy groups -OCH3 is 1. The van der Waals surface area contributed by atoms with Gasteiger partial charge in [0.15, 0.2) is 5.54 Å². The number of nitrogens with one attached hydrogen (secondary N) is 3. The van der Waals surface area contributed by atoms with E-state index in [0.717, 1.165) is 30.6 Å². The van der Waals surface area contributed by atoms with Crippen molar-refractivity contribution >= 4 is 17.3 Å². The van der Waals surface area contributed by atoms with E-state index < -0.39 is 11.2 Å². The van der Waals surface area contributed by atoms with Crippen molar-refractivity contribution in [2.75, 3.05) is 30.5 Å². The molecule has 1 aromatic rings. The molecule has 0 unspecified atom stereocenters. The highest BCUT2D eigenvalue weighted by atomic mass is 16.5. The van der Waals surface area contributed by atoms with Crippen LogP contribution >= 0.6 is 0 Å². The zero-order valence-corrected chi connectivity index (χ0v) is 18.4. The van der Waals surface area contributed by atoms with E-state index in [4.69, 9.17) is 4.74 Å². The van der Waals surface area contributed by atoms with Gasteiger partial charge in [-0.15, -0.1) is 5.11 Å². The molecule has 0 saturated heterocycles. The van der Waals surface area contributed by atoms with E-state index in [1.807, 2.05) is 41.5 Å². The summed E-state index contributed by atoms with van der Waals surface area (Å²) < 4.78 is 5.09. The van der Waals surface area contributed by atoms with Crippen molar-refractivity contribution in [2.45, 2.75) is 36.5 Å². The number of amides is 1. The van der Waals surface area contributed by atoms with Crippen molar-refractivity contribution in [3.8, 4) is 6.07 Å². The molecule has 3 N–H and O–H groups in total. The number of ether oxygens (including phenoxy) is 1. The molecule has 1 amide bonds. The Morgan fingerprint density at radius 1 is 1.33 bits per heavy atom. The maximum Gasteiger partial charge on any atom is 0.254 e. The summed E-state index contributed by atoms with van der Waals surface area (Å²) in [6.07, 6.45) is 13.9. The fourth-order valence-electron chi connectivity index (χ4n) is 4.05. The molecular formula is C23H26N8O2. The van der Waals surface area contributed by atoms with Gasteiger partial charge in [-0.3, -0.25) is 4.79 Å². The zero-order chi connectivity index (χ0) is 22.9. The molecule has 1 spiro atoms. The van der Waals surface area contributed by atoms with Crippen LogP contribution in [0.2, 0.25) is 0 Å². The first-order valence-electron chi connectivity index (χ1n) is 11.0. The van der Waals surface area contributed by atoms with Crippen LogP contribution in [0.4, 0.5) is 11.4 Å². The van der Waals surface area contributed by atoms with Crippen LogP contribution in [0.5, 0.6) is 0 Å². The van der Waals surface area contributed by atoms with Crippen LogP contribution in [0.25, 0.3) is 0 Å². The van der Waals surface area contributed by atoms with E-state index in [2.05, 4.69) is 32.5 Å². The van der Waals surface area contributed by atoms with Crippen LogP contribution < -0.4 is 21.0 Å². The molecule has 0 atom stereocenters. The maximum atomic E-state index is 13.6. The van der Waals surface area contributed by atoms with Gasteiger partial charge in [0.05, 0.1) is 23.0 Å². The van der Waals surface area contributed by atoms with Gasteiger partial charge in [0.25, 0.3) is 5.91 Å². The van der Waals surface area contributed by atoms with Crippen molar-refractivity contribution in [1.29, 1.82) is 5.26 Å². The number of nitriles is 1. The smallest absolute Gasteiger partial charge is 0.254 e. The lowest BCUT2D eigenvalue weighted by atomic mass is 9.85. The van der Waals surface area contributed by atoms with Crippen LogP contribution in [0, 0.1) is 11.3 Å². The molecule has 33 heavy (non-hydrogen) atoms. The van der Waals surface area contributed by atoms with Crippen molar-refractivity contribution in [1.82, 2.24) is 15.9 Å². The minimum Gasteiger partial charge on any atom is -0.385 e. The first kappa shape index (κ1) is 21.2. The molecule has 1 fully saturated rings. The largest absolute Gasteiger partial charge is 0.385 e. The number of hydrogen-bond donors (Lipinski definition) is 3. The minimum atomic E-state index is -1.11. The van der Waals surface area contributed by atoms with Gasteiger partial charge in [0, 0.05) is 38.7 Å². The van der Waals surface area contributed by atoms with Crippen molar-refractivity contribution < 1.29 is 9.53 Å². The second-order valence-electron chi connectivity index (χ2n) is 8.45. The first-order valence-corrected chi connectivity index (χ1v) is 11.0. The molecule has 1 aromatic carbocycles. The molecule has 1 saturated carbocycles. The summed E-state index contributed by atoms with van der Waals surface area (Å²) >= 11 is 0. The summed E-state index contributed by atoms with van der Waals surface area (Å²) in [5.74, 6) is -0.122. The normalized spacial score (nSPS) is 26.5. The quantitative estimate of drug-likeness (QED) is 0.414. The first-order chi connectivity index (χ1) is 16.1. The van der Waals surface area contributed by atoms with Gasteiger partial charge in [-0.2, -0.15) is 10.4 Å². The molecule has 10 nitrogen and oxygen atoms in total. The number of carbonyl (C=O) groups excluding carboxylic acids is 1. The van der Waals surface area contributed by atoms with Gasteiger partial charge in [0.2, 0.25) is 5.66 Å². The zero-order valence-electron chi connectivity index (χ0n) is 18.4. The predicted octanol–water partition coefficient (Wildman–Crippen LogP) is 2.32. The Morgan fingerprint density at radius 2 is 2.15 bits per heavy atom. The number of benzene rings is 1. The number of hydrazine groups is 1. The lowest BCUT2D eigenvalue weighted by molar-refractivity contribution is -0.123. The molecule has 2 aliphatic carbocycles. The van der Waals surface area contributed by atoms with Crippen LogP contribution in [-0.2, 0) is 9.53 Å². The molecule has 0 bridgehead atoms. The number of anilines is 2. The molecule has 10 heteroatoms. The van der Waals surface area contributed by atoms with Gasteiger partial charge >= 0.3 is 0 Å². The van der Waals surface area contributed by atoms with Crippen molar-refractivity contribution in [3.05, 3.63) is 60.5 Å². The van der Waals surface area contributed by atoms with E-state index in [0.29, 0.717) is 18.7 Å². The summed E-state index contributed by atoms with van der Waals surface area (Å²) in [5, 5.41) is 25.9. The van der Waals surface area contributed by atoms with Gasteiger partial charge in [-0.1, -0.05) is 5.22 Å². The molecule has 2 aliphatic heterocycles. The topological polar surface area (TPSA) is 117 Å². The van der Waals surface area contributed by atoms with Crippen LogP contribution in [0.3, 0.4) is 0 Å². The molecule has 5 rings (SSSR count). The Kier molecular flexibility index (Phi) is 5.36. The van der Waals surface area contributed by atoms with Crippen LogP contribution in [0.1, 0.15) is 24.8 Å². The van der Waals surface area contributed by atoms with Crippen LogP contribution in [-0.4, -0.2) is 48.5 Å². The van der Waals surface area contributed by atoms with Crippen LogP contribution in [0.15, 0.2) is 65.2 Å². The number of fused-ring (bicyclic) bond motifs is 1. The van der Waals surface area contributed by atoms with Gasteiger partial charge < -0.3 is 20.3 Å². The molecular weight excluding hydrogens is 420 g/mol. The average Bonchev–Trinajstić information content (AvgIpc) is 3.66. The SMILES string of the molecule is COCCCNN1N=NC12C=CC(C(=O)NC1CC1)(N1C=CNc3ccc(C#N)cc31)C=C2. The third-order valence-corrected chi connectivity index (χ3v) is 6.11. The van der Waals surface area contributed by atoms with E-state index in [1.54, 1.807) is 30.6 Å². The number of carbonyl (C=O) groups is 1. The molecule has 170 valence electrons. The van der Waals surface area contributed by atoms with Crippen molar-refractivity contribution in [2.24, 2.45) is 10.3 Å². The van der Waals surface area contributed by atoms with E-state index in [1.165, 1.54) is 0 Å². The Bertz CT molecular complexity index is 1080. The second-order valence-corrected chi connectivity index (χ2v) is 8.45.